The summed E-state index contributed by atoms with van der Waals surface area (Å²) in [5, 5.41) is 11.5. The Morgan fingerprint density at radius 2 is 1.86 bits per heavy atom. The van der Waals surface area contributed by atoms with Crippen LogP contribution in [-0.2, 0) is 4.79 Å². The van der Waals surface area contributed by atoms with Crippen molar-refractivity contribution in [1.29, 1.82) is 0 Å². The maximum atomic E-state index is 11.9. The van der Waals surface area contributed by atoms with E-state index in [0.717, 1.165) is 25.2 Å². The third-order valence-electron chi connectivity index (χ3n) is 3.34. The molecule has 0 bridgehead atoms. The minimum Gasteiger partial charge on any atom is -0.481 e. The zero-order valence-corrected chi connectivity index (χ0v) is 12.8. The highest BCUT2D eigenvalue weighted by Gasteiger charge is 2.07. The summed E-state index contributed by atoms with van der Waals surface area (Å²) >= 11 is 0. The van der Waals surface area contributed by atoms with Gasteiger partial charge in [-0.2, -0.15) is 0 Å². The molecule has 0 aromatic heterocycles. The average molecular weight is 292 g/mol. The highest BCUT2D eigenvalue weighted by Crippen LogP contribution is 2.02. The third kappa shape index (κ3) is 6.90. The first-order valence-corrected chi connectivity index (χ1v) is 7.32. The summed E-state index contributed by atoms with van der Waals surface area (Å²) in [6, 6.07) is 7.46. The minimum atomic E-state index is -0.765. The lowest BCUT2D eigenvalue weighted by Crippen LogP contribution is -2.35. The van der Waals surface area contributed by atoms with Gasteiger partial charge >= 0.3 is 5.97 Å². The first-order chi connectivity index (χ1) is 10.0. The zero-order chi connectivity index (χ0) is 15.7. The number of benzene rings is 1. The van der Waals surface area contributed by atoms with Crippen molar-refractivity contribution in [3.63, 3.8) is 0 Å². The fourth-order valence-electron chi connectivity index (χ4n) is 2.02. The van der Waals surface area contributed by atoms with Gasteiger partial charge in [0, 0.05) is 25.1 Å². The summed E-state index contributed by atoms with van der Waals surface area (Å²) in [7, 11) is 0. The molecule has 1 amide bonds. The van der Waals surface area contributed by atoms with Gasteiger partial charge in [-0.1, -0.05) is 24.6 Å². The van der Waals surface area contributed by atoms with E-state index in [2.05, 4.69) is 10.2 Å². The molecule has 116 valence electrons. The second-order valence-electron chi connectivity index (χ2n) is 5.05. The van der Waals surface area contributed by atoms with E-state index in [1.807, 2.05) is 38.1 Å². The van der Waals surface area contributed by atoms with Gasteiger partial charge < -0.3 is 15.3 Å². The van der Waals surface area contributed by atoms with E-state index >= 15 is 0 Å². The van der Waals surface area contributed by atoms with E-state index in [1.165, 1.54) is 0 Å². The molecular weight excluding hydrogens is 268 g/mol. The fourth-order valence-corrected chi connectivity index (χ4v) is 2.02. The number of aliphatic carboxylic acids is 1. The van der Waals surface area contributed by atoms with Crippen LogP contribution in [0.5, 0.6) is 0 Å². The van der Waals surface area contributed by atoms with Gasteiger partial charge in [0.05, 0.1) is 0 Å². The van der Waals surface area contributed by atoms with E-state index in [4.69, 9.17) is 5.11 Å². The van der Waals surface area contributed by atoms with Crippen LogP contribution in [0, 0.1) is 6.92 Å². The first-order valence-electron chi connectivity index (χ1n) is 7.32. The Kier molecular flexibility index (Phi) is 7.46. The van der Waals surface area contributed by atoms with E-state index in [-0.39, 0.29) is 12.3 Å². The summed E-state index contributed by atoms with van der Waals surface area (Å²) in [5.74, 6) is -0.838. The summed E-state index contributed by atoms with van der Waals surface area (Å²) in [6.45, 7) is 6.89. The number of nitrogens with one attached hydrogen (secondary N) is 1. The lowest BCUT2D eigenvalue weighted by molar-refractivity contribution is -0.137. The molecule has 1 aromatic rings. The maximum absolute atomic E-state index is 11.9. The molecule has 5 nitrogen and oxygen atoms in total. The summed E-state index contributed by atoms with van der Waals surface area (Å²) in [4.78, 5) is 24.5. The number of carbonyl (C=O) groups is 2. The molecule has 21 heavy (non-hydrogen) atoms. The van der Waals surface area contributed by atoms with E-state index in [9.17, 15) is 9.59 Å². The second-order valence-corrected chi connectivity index (χ2v) is 5.05. The van der Waals surface area contributed by atoms with Crippen LogP contribution >= 0.6 is 0 Å². The van der Waals surface area contributed by atoms with Crippen LogP contribution in [0.3, 0.4) is 0 Å². The molecule has 5 heteroatoms. The van der Waals surface area contributed by atoms with Crippen molar-refractivity contribution in [2.75, 3.05) is 26.2 Å². The molecule has 0 aliphatic heterocycles. The Morgan fingerprint density at radius 3 is 2.43 bits per heavy atom. The smallest absolute Gasteiger partial charge is 0.303 e. The van der Waals surface area contributed by atoms with Crippen molar-refractivity contribution in [3.05, 3.63) is 35.4 Å². The predicted molar refractivity (Wildman–Crippen MR) is 82.5 cm³/mol. The lowest BCUT2D eigenvalue weighted by atomic mass is 10.1. The van der Waals surface area contributed by atoms with Crippen LogP contribution in [0.2, 0.25) is 0 Å². The summed E-state index contributed by atoms with van der Waals surface area (Å²) in [6.07, 6.45) is 0.821. The van der Waals surface area contributed by atoms with E-state index in [1.54, 1.807) is 0 Å². The molecule has 0 aliphatic rings. The third-order valence-corrected chi connectivity index (χ3v) is 3.34. The number of carboxylic acid groups (broad SMARTS) is 1. The van der Waals surface area contributed by atoms with Crippen LogP contribution in [0.1, 0.15) is 35.7 Å². The Labute approximate surface area is 126 Å². The Hall–Kier alpha value is -1.88. The van der Waals surface area contributed by atoms with Crippen molar-refractivity contribution in [3.8, 4) is 0 Å². The molecule has 0 aliphatic carbocycles. The SMILES string of the molecule is CCN(CCCC(=O)O)CCNC(=O)c1ccc(C)cc1. The number of amides is 1. The number of carbonyl (C=O) groups excluding carboxylic acids is 1. The van der Waals surface area contributed by atoms with Gasteiger partial charge in [0.25, 0.3) is 5.91 Å². The molecule has 0 fully saturated rings. The van der Waals surface area contributed by atoms with E-state index in [0.29, 0.717) is 18.5 Å². The topological polar surface area (TPSA) is 69.6 Å². The summed E-state index contributed by atoms with van der Waals surface area (Å²) < 4.78 is 0. The normalized spacial score (nSPS) is 10.6. The monoisotopic (exact) mass is 292 g/mol. The average Bonchev–Trinajstić information content (AvgIpc) is 2.45. The number of aryl methyl sites for hydroxylation is 1. The van der Waals surface area contributed by atoms with Gasteiger partial charge in [-0.15, -0.1) is 0 Å². The van der Waals surface area contributed by atoms with Crippen molar-refractivity contribution in [1.82, 2.24) is 10.2 Å². The maximum Gasteiger partial charge on any atom is 0.303 e. The van der Waals surface area contributed by atoms with Crippen molar-refractivity contribution in [2.24, 2.45) is 0 Å². The molecular formula is C16H24N2O3. The first kappa shape index (κ1) is 17.2. The van der Waals surface area contributed by atoms with Gasteiger partial charge in [0.2, 0.25) is 0 Å². The zero-order valence-electron chi connectivity index (χ0n) is 12.8. The lowest BCUT2D eigenvalue weighted by Gasteiger charge is -2.20. The van der Waals surface area contributed by atoms with Gasteiger partial charge in [-0.3, -0.25) is 9.59 Å². The number of nitrogens with zero attached hydrogens (tertiary/aromatic N) is 1. The van der Waals surface area contributed by atoms with Crippen molar-refractivity contribution >= 4 is 11.9 Å². The van der Waals surface area contributed by atoms with Gasteiger partial charge in [0.1, 0.15) is 0 Å². The van der Waals surface area contributed by atoms with Gasteiger partial charge in [-0.05, 0) is 38.6 Å². The van der Waals surface area contributed by atoms with Crippen molar-refractivity contribution in [2.45, 2.75) is 26.7 Å². The Balaban J connectivity index is 2.28. The predicted octanol–water partition coefficient (Wildman–Crippen LogP) is 1.91. The number of hydrogen-bond donors (Lipinski definition) is 2. The van der Waals surface area contributed by atoms with Crippen molar-refractivity contribution < 1.29 is 14.7 Å². The molecule has 2 N–H and O–H groups in total. The number of rotatable bonds is 9. The number of hydrogen-bond acceptors (Lipinski definition) is 3. The Bertz CT molecular complexity index is 457. The highest BCUT2D eigenvalue weighted by atomic mass is 16.4. The van der Waals surface area contributed by atoms with Crippen LogP contribution in [0.15, 0.2) is 24.3 Å². The molecule has 1 rings (SSSR count). The molecule has 0 heterocycles. The summed E-state index contributed by atoms with van der Waals surface area (Å²) in [5.41, 5.74) is 1.79. The highest BCUT2D eigenvalue weighted by molar-refractivity contribution is 5.94. The van der Waals surface area contributed by atoms with Gasteiger partial charge in [-0.25, -0.2) is 0 Å². The van der Waals surface area contributed by atoms with Crippen LogP contribution in [-0.4, -0.2) is 48.1 Å². The van der Waals surface area contributed by atoms with Crippen LogP contribution < -0.4 is 5.32 Å². The van der Waals surface area contributed by atoms with Crippen LogP contribution in [0.25, 0.3) is 0 Å². The number of carboxylic acids is 1. The fraction of sp³-hybridized carbons (Fsp3) is 0.500. The van der Waals surface area contributed by atoms with Gasteiger partial charge in [0.15, 0.2) is 0 Å². The van der Waals surface area contributed by atoms with E-state index < -0.39 is 5.97 Å². The largest absolute Gasteiger partial charge is 0.481 e. The Morgan fingerprint density at radius 1 is 1.19 bits per heavy atom. The molecule has 1 aromatic carbocycles. The second kappa shape index (κ2) is 9.13. The molecule has 0 unspecified atom stereocenters. The number of likely N-dealkylation sites (N-methyl/N-ethyl adjacent to an activating group) is 1. The minimum absolute atomic E-state index is 0.0726. The standard InChI is InChI=1S/C16H24N2O3/c1-3-18(11-4-5-15(19)20)12-10-17-16(21)14-8-6-13(2)7-9-14/h6-9H,3-5,10-12H2,1-2H3,(H,17,21)(H,19,20). The molecule has 0 atom stereocenters. The molecule has 0 spiro atoms. The molecule has 0 saturated carbocycles. The quantitative estimate of drug-likeness (QED) is 0.729. The molecule has 0 saturated heterocycles. The molecule has 0 radical (unpaired) electrons. The van der Waals surface area contributed by atoms with Crippen LogP contribution in [0.4, 0.5) is 0 Å².